The van der Waals surface area contributed by atoms with E-state index in [1.807, 2.05) is 0 Å². The van der Waals surface area contributed by atoms with E-state index in [4.69, 9.17) is 5.73 Å². The van der Waals surface area contributed by atoms with Gasteiger partial charge in [0.25, 0.3) is 0 Å². The Bertz CT molecular complexity index is 667. The molecule has 2 rings (SSSR count). The standard InChI is InChI=1S/C19H32N4O2S/c1-2-3-4-5-6-7-14-21-19(20)22-15-16-8-12-18(13-9-16)26(24,25)23-17-10-11-17/h8-9,12-13,17,23H,2-7,10-11,14-15H2,1H3,(H3,20,21,22). The van der Waals surface area contributed by atoms with Crippen molar-refractivity contribution in [2.24, 2.45) is 10.7 Å². The van der Waals surface area contributed by atoms with Crippen molar-refractivity contribution in [1.29, 1.82) is 0 Å². The van der Waals surface area contributed by atoms with E-state index in [0.717, 1.165) is 31.4 Å². The Labute approximate surface area is 157 Å². The third kappa shape index (κ3) is 7.74. The Morgan fingerprint density at radius 1 is 1.12 bits per heavy atom. The summed E-state index contributed by atoms with van der Waals surface area (Å²) >= 11 is 0. The second-order valence-electron chi connectivity index (χ2n) is 6.94. The molecular formula is C19H32N4O2S. The van der Waals surface area contributed by atoms with Crippen molar-refractivity contribution in [2.75, 3.05) is 6.54 Å². The van der Waals surface area contributed by atoms with Crippen molar-refractivity contribution in [1.82, 2.24) is 10.0 Å². The Balaban J connectivity index is 1.70. The lowest BCUT2D eigenvalue weighted by molar-refractivity contribution is 0.581. The van der Waals surface area contributed by atoms with E-state index in [1.54, 1.807) is 24.3 Å². The van der Waals surface area contributed by atoms with E-state index in [9.17, 15) is 8.42 Å². The number of unbranched alkanes of at least 4 members (excludes halogenated alkanes) is 5. The summed E-state index contributed by atoms with van der Waals surface area (Å²) in [5.41, 5.74) is 6.81. The van der Waals surface area contributed by atoms with Crippen LogP contribution in [0.25, 0.3) is 0 Å². The first-order valence-electron chi connectivity index (χ1n) is 9.66. The number of benzene rings is 1. The lowest BCUT2D eigenvalue weighted by Gasteiger charge is -2.07. The first-order chi connectivity index (χ1) is 12.5. The van der Waals surface area contributed by atoms with E-state index in [1.165, 1.54) is 32.1 Å². The maximum absolute atomic E-state index is 12.1. The van der Waals surface area contributed by atoms with Crippen molar-refractivity contribution < 1.29 is 8.42 Å². The Morgan fingerprint density at radius 3 is 2.42 bits per heavy atom. The maximum atomic E-state index is 12.1. The molecule has 1 saturated carbocycles. The first kappa shape index (κ1) is 20.7. The zero-order chi connectivity index (χ0) is 18.8. The molecule has 1 aliphatic carbocycles. The van der Waals surface area contributed by atoms with Gasteiger partial charge in [0, 0.05) is 12.6 Å². The fourth-order valence-corrected chi connectivity index (χ4v) is 3.92. The quantitative estimate of drug-likeness (QED) is 0.295. The molecule has 26 heavy (non-hydrogen) atoms. The lowest BCUT2D eigenvalue weighted by atomic mass is 10.1. The molecule has 0 bridgehead atoms. The average Bonchev–Trinajstić information content (AvgIpc) is 3.43. The van der Waals surface area contributed by atoms with E-state index in [0.29, 0.717) is 17.4 Å². The van der Waals surface area contributed by atoms with Gasteiger partial charge < -0.3 is 11.1 Å². The number of aliphatic imine (C=N–C) groups is 1. The van der Waals surface area contributed by atoms with Crippen LogP contribution in [-0.2, 0) is 16.6 Å². The number of guanidine groups is 1. The normalized spacial score (nSPS) is 15.2. The predicted octanol–water partition coefficient (Wildman–Crippen LogP) is 2.89. The Morgan fingerprint density at radius 2 is 1.77 bits per heavy atom. The van der Waals surface area contributed by atoms with Gasteiger partial charge in [-0.25, -0.2) is 18.1 Å². The smallest absolute Gasteiger partial charge is 0.240 e. The van der Waals surface area contributed by atoms with Crippen LogP contribution in [0.2, 0.25) is 0 Å². The van der Waals surface area contributed by atoms with Crippen LogP contribution in [0.15, 0.2) is 34.2 Å². The van der Waals surface area contributed by atoms with Crippen LogP contribution in [0.5, 0.6) is 0 Å². The highest BCUT2D eigenvalue weighted by atomic mass is 32.2. The number of nitrogens with one attached hydrogen (secondary N) is 2. The number of rotatable bonds is 12. The topological polar surface area (TPSA) is 96.6 Å². The van der Waals surface area contributed by atoms with Gasteiger partial charge in [0.15, 0.2) is 5.96 Å². The molecule has 0 radical (unpaired) electrons. The Hall–Kier alpha value is -1.60. The fraction of sp³-hybridized carbons (Fsp3) is 0.632. The Kier molecular flexibility index (Phi) is 8.38. The van der Waals surface area contributed by atoms with Crippen LogP contribution < -0.4 is 15.8 Å². The summed E-state index contributed by atoms with van der Waals surface area (Å²) in [6.07, 6.45) is 9.33. The van der Waals surface area contributed by atoms with E-state index in [2.05, 4.69) is 22.0 Å². The molecule has 0 aliphatic heterocycles. The average molecular weight is 381 g/mol. The molecule has 1 aliphatic rings. The van der Waals surface area contributed by atoms with Gasteiger partial charge in [0.1, 0.15) is 0 Å². The number of nitrogens with two attached hydrogens (primary N) is 1. The molecule has 4 N–H and O–H groups in total. The minimum atomic E-state index is -3.39. The molecule has 146 valence electrons. The summed E-state index contributed by atoms with van der Waals surface area (Å²) < 4.78 is 26.9. The first-order valence-corrected chi connectivity index (χ1v) is 11.1. The summed E-state index contributed by atoms with van der Waals surface area (Å²) in [4.78, 5) is 4.61. The van der Waals surface area contributed by atoms with Gasteiger partial charge in [0.2, 0.25) is 10.0 Å². The molecule has 0 aromatic heterocycles. The summed E-state index contributed by atoms with van der Waals surface area (Å²) in [5, 5.41) is 3.13. The van der Waals surface area contributed by atoms with E-state index in [-0.39, 0.29) is 6.04 Å². The van der Waals surface area contributed by atoms with Crippen LogP contribution in [-0.4, -0.2) is 27.0 Å². The fourth-order valence-electron chi connectivity index (χ4n) is 2.62. The summed E-state index contributed by atoms with van der Waals surface area (Å²) in [7, 11) is -3.39. The maximum Gasteiger partial charge on any atom is 0.240 e. The highest BCUT2D eigenvalue weighted by Crippen LogP contribution is 2.22. The third-order valence-electron chi connectivity index (χ3n) is 4.40. The molecule has 6 nitrogen and oxygen atoms in total. The number of hydrogen-bond donors (Lipinski definition) is 3. The molecule has 0 atom stereocenters. The summed E-state index contributed by atoms with van der Waals surface area (Å²) in [5.74, 6) is 0.436. The number of nitrogens with zero attached hydrogens (tertiary/aromatic N) is 1. The van der Waals surface area contributed by atoms with Crippen LogP contribution in [0.3, 0.4) is 0 Å². The van der Waals surface area contributed by atoms with Gasteiger partial charge in [-0.05, 0) is 37.0 Å². The minimum absolute atomic E-state index is 0.113. The van der Waals surface area contributed by atoms with Crippen LogP contribution in [0, 0.1) is 0 Å². The van der Waals surface area contributed by atoms with E-state index >= 15 is 0 Å². The largest absolute Gasteiger partial charge is 0.370 e. The van der Waals surface area contributed by atoms with Gasteiger partial charge >= 0.3 is 0 Å². The molecule has 0 saturated heterocycles. The highest BCUT2D eigenvalue weighted by molar-refractivity contribution is 7.89. The number of sulfonamides is 1. The lowest BCUT2D eigenvalue weighted by Crippen LogP contribution is -2.32. The van der Waals surface area contributed by atoms with Gasteiger partial charge in [0.05, 0.1) is 11.4 Å². The van der Waals surface area contributed by atoms with Gasteiger partial charge in [-0.1, -0.05) is 51.2 Å². The van der Waals surface area contributed by atoms with Crippen molar-refractivity contribution in [2.45, 2.75) is 75.8 Å². The van der Waals surface area contributed by atoms with Gasteiger partial charge in [-0.2, -0.15) is 0 Å². The zero-order valence-electron chi connectivity index (χ0n) is 15.7. The van der Waals surface area contributed by atoms with Crippen molar-refractivity contribution in [3.63, 3.8) is 0 Å². The molecular weight excluding hydrogens is 348 g/mol. The van der Waals surface area contributed by atoms with Crippen LogP contribution in [0.4, 0.5) is 0 Å². The number of hydrogen-bond acceptors (Lipinski definition) is 3. The van der Waals surface area contributed by atoms with Crippen LogP contribution >= 0.6 is 0 Å². The van der Waals surface area contributed by atoms with Crippen molar-refractivity contribution in [3.05, 3.63) is 29.8 Å². The molecule has 1 aromatic carbocycles. The third-order valence-corrected chi connectivity index (χ3v) is 5.94. The van der Waals surface area contributed by atoms with Gasteiger partial charge in [-0.3, -0.25) is 0 Å². The summed E-state index contributed by atoms with van der Waals surface area (Å²) in [6, 6.07) is 6.92. The SMILES string of the molecule is CCCCCCCCNC(N)=NCc1ccc(S(=O)(=O)NC2CC2)cc1. The van der Waals surface area contributed by atoms with Crippen LogP contribution in [0.1, 0.15) is 63.9 Å². The molecule has 1 fully saturated rings. The minimum Gasteiger partial charge on any atom is -0.370 e. The van der Waals surface area contributed by atoms with Crippen molar-refractivity contribution in [3.8, 4) is 0 Å². The summed E-state index contributed by atoms with van der Waals surface area (Å²) in [6.45, 7) is 3.49. The van der Waals surface area contributed by atoms with Crippen molar-refractivity contribution >= 4 is 16.0 Å². The second-order valence-corrected chi connectivity index (χ2v) is 8.65. The predicted molar refractivity (Wildman–Crippen MR) is 106 cm³/mol. The molecule has 7 heteroatoms. The zero-order valence-corrected chi connectivity index (χ0v) is 16.5. The molecule has 0 heterocycles. The second kappa shape index (κ2) is 10.5. The molecule has 0 amide bonds. The highest BCUT2D eigenvalue weighted by Gasteiger charge is 2.27. The monoisotopic (exact) mass is 380 g/mol. The molecule has 0 unspecified atom stereocenters. The molecule has 1 aromatic rings. The molecule has 0 spiro atoms. The van der Waals surface area contributed by atoms with Gasteiger partial charge in [-0.15, -0.1) is 0 Å². The van der Waals surface area contributed by atoms with E-state index < -0.39 is 10.0 Å².